The van der Waals surface area contributed by atoms with E-state index in [1.807, 2.05) is 24.5 Å². The topological polar surface area (TPSA) is 43.6 Å². The maximum absolute atomic E-state index is 4.60. The van der Waals surface area contributed by atoms with Gasteiger partial charge in [-0.05, 0) is 41.8 Å². The van der Waals surface area contributed by atoms with E-state index >= 15 is 0 Å². The van der Waals surface area contributed by atoms with Gasteiger partial charge in [0.15, 0.2) is 5.82 Å². The molecule has 4 nitrogen and oxygen atoms in total. The second-order valence-corrected chi connectivity index (χ2v) is 7.60. The molecule has 0 radical (unpaired) electrons. The second kappa shape index (κ2) is 5.97. The van der Waals surface area contributed by atoms with Crippen LogP contribution in [-0.4, -0.2) is 19.5 Å². The number of para-hydroxylation sites is 1. The van der Waals surface area contributed by atoms with Crippen LogP contribution in [0, 0.1) is 0 Å². The fraction of sp³-hybridized carbons (Fsp3) is 0. The van der Waals surface area contributed by atoms with Gasteiger partial charge < -0.3 is 4.57 Å². The molecular formula is C23H14N4S. The molecule has 0 unspecified atom stereocenters. The van der Waals surface area contributed by atoms with Crippen molar-refractivity contribution in [3.8, 4) is 17.1 Å². The number of thiophene rings is 1. The first-order chi connectivity index (χ1) is 13.9. The number of benzene rings is 2. The lowest BCUT2D eigenvalue weighted by Gasteiger charge is -2.08. The number of hydrogen-bond acceptors (Lipinski definition) is 4. The zero-order chi connectivity index (χ0) is 18.5. The summed E-state index contributed by atoms with van der Waals surface area (Å²) in [6, 6.07) is 19.0. The van der Waals surface area contributed by atoms with E-state index in [2.05, 4.69) is 67.4 Å². The lowest BCUT2D eigenvalue weighted by molar-refractivity contribution is 1.08. The summed E-state index contributed by atoms with van der Waals surface area (Å²) < 4.78 is 3.55. The summed E-state index contributed by atoms with van der Waals surface area (Å²) in [5, 5.41) is 5.98. The van der Waals surface area contributed by atoms with Crippen LogP contribution in [0.2, 0.25) is 0 Å². The van der Waals surface area contributed by atoms with Gasteiger partial charge in [-0.1, -0.05) is 18.2 Å². The van der Waals surface area contributed by atoms with Crippen LogP contribution in [0.1, 0.15) is 0 Å². The van der Waals surface area contributed by atoms with E-state index in [0.29, 0.717) is 5.82 Å². The van der Waals surface area contributed by atoms with Gasteiger partial charge in [-0.2, -0.15) is 0 Å². The summed E-state index contributed by atoms with van der Waals surface area (Å²) in [6.45, 7) is 0. The van der Waals surface area contributed by atoms with Crippen molar-refractivity contribution in [3.63, 3.8) is 0 Å². The van der Waals surface area contributed by atoms with E-state index in [1.54, 1.807) is 23.7 Å². The van der Waals surface area contributed by atoms with Gasteiger partial charge in [-0.15, -0.1) is 11.3 Å². The molecule has 28 heavy (non-hydrogen) atoms. The van der Waals surface area contributed by atoms with Crippen molar-refractivity contribution in [2.75, 3.05) is 0 Å². The van der Waals surface area contributed by atoms with Crippen molar-refractivity contribution < 1.29 is 0 Å². The van der Waals surface area contributed by atoms with Gasteiger partial charge in [0, 0.05) is 38.8 Å². The highest BCUT2D eigenvalue weighted by Crippen LogP contribution is 2.38. The Balaban J connectivity index is 1.63. The summed E-state index contributed by atoms with van der Waals surface area (Å²) in [7, 11) is 0. The predicted octanol–water partition coefficient (Wildman–Crippen LogP) is 5.85. The summed E-state index contributed by atoms with van der Waals surface area (Å²) >= 11 is 1.78. The Hall–Kier alpha value is -3.57. The van der Waals surface area contributed by atoms with Crippen LogP contribution in [-0.2, 0) is 0 Å². The standard InChI is InChI=1S/C23H14N4S/c1-2-6-19-17(5-1)22-18-9-11-28-21(18)8-7-20(22)27(19)16-13-25-23(26-14-16)15-4-3-10-24-12-15/h1-14H. The first-order valence-electron chi connectivity index (χ1n) is 9.02. The molecule has 5 heteroatoms. The van der Waals surface area contributed by atoms with E-state index in [-0.39, 0.29) is 0 Å². The van der Waals surface area contributed by atoms with Crippen molar-refractivity contribution >= 4 is 43.2 Å². The molecule has 0 atom stereocenters. The summed E-state index contributed by atoms with van der Waals surface area (Å²) in [5.74, 6) is 0.679. The molecule has 0 aliphatic heterocycles. The smallest absolute Gasteiger partial charge is 0.160 e. The van der Waals surface area contributed by atoms with Gasteiger partial charge >= 0.3 is 0 Å². The molecule has 2 aromatic carbocycles. The number of pyridine rings is 1. The number of rotatable bonds is 2. The molecule has 132 valence electrons. The molecule has 0 aliphatic carbocycles. The highest BCUT2D eigenvalue weighted by molar-refractivity contribution is 7.17. The van der Waals surface area contributed by atoms with E-state index in [9.17, 15) is 0 Å². The molecule has 0 saturated carbocycles. The lowest BCUT2D eigenvalue weighted by Crippen LogP contribution is -1.97. The number of aromatic nitrogens is 4. The Morgan fingerprint density at radius 3 is 2.50 bits per heavy atom. The maximum Gasteiger partial charge on any atom is 0.160 e. The Morgan fingerprint density at radius 1 is 0.750 bits per heavy atom. The second-order valence-electron chi connectivity index (χ2n) is 6.65. The van der Waals surface area contributed by atoms with E-state index in [4.69, 9.17) is 0 Å². The number of hydrogen-bond donors (Lipinski definition) is 0. The molecule has 0 N–H and O–H groups in total. The first-order valence-corrected chi connectivity index (χ1v) is 9.90. The average molecular weight is 378 g/mol. The van der Waals surface area contributed by atoms with E-state index in [1.165, 1.54) is 26.4 Å². The van der Waals surface area contributed by atoms with Gasteiger partial charge in [0.25, 0.3) is 0 Å². The molecule has 0 amide bonds. The van der Waals surface area contributed by atoms with Crippen LogP contribution in [0.4, 0.5) is 0 Å². The quantitative estimate of drug-likeness (QED) is 0.379. The Kier molecular flexibility index (Phi) is 3.30. The van der Waals surface area contributed by atoms with E-state index in [0.717, 1.165) is 16.8 Å². The van der Waals surface area contributed by atoms with Gasteiger partial charge in [-0.25, -0.2) is 9.97 Å². The molecule has 4 aromatic heterocycles. The minimum Gasteiger partial charge on any atom is -0.306 e. The van der Waals surface area contributed by atoms with Crippen molar-refractivity contribution in [1.82, 2.24) is 19.5 Å². The van der Waals surface area contributed by atoms with Gasteiger partial charge in [0.05, 0.1) is 29.1 Å². The highest BCUT2D eigenvalue weighted by Gasteiger charge is 2.15. The predicted molar refractivity (Wildman–Crippen MR) is 115 cm³/mol. The van der Waals surface area contributed by atoms with Gasteiger partial charge in [0.1, 0.15) is 0 Å². The third-order valence-corrected chi connectivity index (χ3v) is 5.97. The van der Waals surface area contributed by atoms with Crippen molar-refractivity contribution in [2.45, 2.75) is 0 Å². The van der Waals surface area contributed by atoms with Crippen molar-refractivity contribution in [3.05, 3.63) is 84.8 Å². The van der Waals surface area contributed by atoms with Crippen LogP contribution < -0.4 is 0 Å². The minimum atomic E-state index is 0.679. The summed E-state index contributed by atoms with van der Waals surface area (Å²) in [5.41, 5.74) is 4.20. The van der Waals surface area contributed by atoms with Crippen LogP contribution in [0.25, 0.3) is 49.0 Å². The molecule has 0 bridgehead atoms. The van der Waals surface area contributed by atoms with Crippen molar-refractivity contribution in [2.24, 2.45) is 0 Å². The lowest BCUT2D eigenvalue weighted by atomic mass is 10.1. The van der Waals surface area contributed by atoms with Crippen LogP contribution >= 0.6 is 11.3 Å². The molecule has 0 spiro atoms. The fourth-order valence-corrected chi connectivity index (χ4v) is 4.67. The number of nitrogens with zero attached hydrogens (tertiary/aromatic N) is 4. The summed E-state index contributed by atoms with van der Waals surface area (Å²) in [4.78, 5) is 13.4. The van der Waals surface area contributed by atoms with E-state index < -0.39 is 0 Å². The molecule has 0 saturated heterocycles. The van der Waals surface area contributed by atoms with Gasteiger partial charge in [-0.3, -0.25) is 4.98 Å². The molecule has 6 aromatic rings. The monoisotopic (exact) mass is 378 g/mol. The number of fused-ring (bicyclic) bond motifs is 5. The molecule has 6 rings (SSSR count). The fourth-order valence-electron chi connectivity index (χ4n) is 3.87. The largest absolute Gasteiger partial charge is 0.306 e. The molecular weight excluding hydrogens is 364 g/mol. The maximum atomic E-state index is 4.60. The van der Waals surface area contributed by atoms with Crippen LogP contribution in [0.3, 0.4) is 0 Å². The Labute approximate surface area is 164 Å². The van der Waals surface area contributed by atoms with Crippen LogP contribution in [0.5, 0.6) is 0 Å². The molecule has 0 fully saturated rings. The molecule has 0 aliphatic rings. The van der Waals surface area contributed by atoms with Crippen molar-refractivity contribution in [1.29, 1.82) is 0 Å². The first kappa shape index (κ1) is 15.5. The molecule has 4 heterocycles. The zero-order valence-electron chi connectivity index (χ0n) is 14.8. The summed E-state index contributed by atoms with van der Waals surface area (Å²) in [6.07, 6.45) is 7.31. The Morgan fingerprint density at radius 2 is 1.64 bits per heavy atom. The third kappa shape index (κ3) is 2.20. The average Bonchev–Trinajstić information content (AvgIpc) is 3.36. The Bertz CT molecular complexity index is 1450. The zero-order valence-corrected chi connectivity index (χ0v) is 15.6. The SMILES string of the molecule is c1cncc(-c2ncc(-n3c4ccccc4c4c5ccsc5ccc43)cn2)c1. The van der Waals surface area contributed by atoms with Gasteiger partial charge in [0.2, 0.25) is 0 Å². The highest BCUT2D eigenvalue weighted by atomic mass is 32.1. The third-order valence-electron chi connectivity index (χ3n) is 5.08. The van der Waals surface area contributed by atoms with Crippen LogP contribution in [0.15, 0.2) is 84.8 Å². The normalized spacial score (nSPS) is 11.6. The minimum absolute atomic E-state index is 0.679.